The molecule has 0 aromatic carbocycles. The quantitative estimate of drug-likeness (QED) is 0.708. The second-order valence-electron chi connectivity index (χ2n) is 4.58. The first-order valence-corrected chi connectivity index (χ1v) is 5.31. The van der Waals surface area contributed by atoms with Gasteiger partial charge < -0.3 is 15.7 Å². The first kappa shape index (κ1) is 15.7. The van der Waals surface area contributed by atoms with E-state index in [1.807, 2.05) is 0 Å². The molecule has 0 spiro atoms. The zero-order valence-corrected chi connectivity index (χ0v) is 9.85. The van der Waals surface area contributed by atoms with Crippen LogP contribution in [-0.2, 0) is 0 Å². The molecule has 1 unspecified atom stereocenters. The lowest BCUT2D eigenvalue weighted by Gasteiger charge is -2.23. The molecule has 0 bridgehead atoms. The van der Waals surface area contributed by atoms with Crippen LogP contribution < -0.4 is 5.73 Å². The molecule has 0 aliphatic heterocycles. The number of nitrogens with two attached hydrogens (primary N) is 1. The summed E-state index contributed by atoms with van der Waals surface area (Å²) < 4.78 is 35.7. The minimum atomic E-state index is -4.10. The third kappa shape index (κ3) is 8.94. The SMILES string of the molecule is CN(CCCC(C)(N)CO)CCC(F)(F)F. The Balaban J connectivity index is 3.63. The van der Waals surface area contributed by atoms with Crippen LogP contribution in [0.2, 0.25) is 0 Å². The van der Waals surface area contributed by atoms with E-state index in [9.17, 15) is 13.2 Å². The van der Waals surface area contributed by atoms with Crippen LogP contribution in [0.25, 0.3) is 0 Å². The fraction of sp³-hybridized carbons (Fsp3) is 1.00. The van der Waals surface area contributed by atoms with Crippen LogP contribution in [0.1, 0.15) is 26.2 Å². The van der Waals surface area contributed by atoms with Crippen molar-refractivity contribution in [3.63, 3.8) is 0 Å². The Morgan fingerprint density at radius 3 is 2.19 bits per heavy atom. The van der Waals surface area contributed by atoms with Gasteiger partial charge in [0, 0.05) is 12.1 Å². The summed E-state index contributed by atoms with van der Waals surface area (Å²) in [5.74, 6) is 0. The molecule has 0 aliphatic rings. The molecule has 0 amide bonds. The van der Waals surface area contributed by atoms with Gasteiger partial charge in [0.25, 0.3) is 0 Å². The molecular weight excluding hydrogens is 221 g/mol. The van der Waals surface area contributed by atoms with Crippen molar-refractivity contribution in [3.8, 4) is 0 Å². The normalized spacial score (nSPS) is 16.5. The highest BCUT2D eigenvalue weighted by Gasteiger charge is 2.27. The molecule has 0 saturated heterocycles. The van der Waals surface area contributed by atoms with Gasteiger partial charge in [0.15, 0.2) is 0 Å². The van der Waals surface area contributed by atoms with Crippen LogP contribution in [0.4, 0.5) is 13.2 Å². The Morgan fingerprint density at radius 1 is 1.19 bits per heavy atom. The molecule has 0 radical (unpaired) electrons. The molecule has 0 heterocycles. The molecule has 0 aliphatic carbocycles. The van der Waals surface area contributed by atoms with E-state index >= 15 is 0 Å². The molecule has 0 fully saturated rings. The van der Waals surface area contributed by atoms with Crippen LogP contribution in [-0.4, -0.2) is 48.5 Å². The molecule has 3 N–H and O–H groups in total. The summed E-state index contributed by atoms with van der Waals surface area (Å²) in [5.41, 5.74) is 5.06. The van der Waals surface area contributed by atoms with Crippen molar-refractivity contribution >= 4 is 0 Å². The average molecular weight is 242 g/mol. The molecule has 16 heavy (non-hydrogen) atoms. The number of halogens is 3. The van der Waals surface area contributed by atoms with Crippen LogP contribution in [0.15, 0.2) is 0 Å². The minimum absolute atomic E-state index is 0.00388. The summed E-state index contributed by atoms with van der Waals surface area (Å²) in [5, 5.41) is 8.88. The topological polar surface area (TPSA) is 49.5 Å². The lowest BCUT2D eigenvalue weighted by Crippen LogP contribution is -2.40. The van der Waals surface area contributed by atoms with Crippen LogP contribution in [0.3, 0.4) is 0 Å². The first-order valence-electron chi connectivity index (χ1n) is 5.31. The van der Waals surface area contributed by atoms with Crippen molar-refractivity contribution in [2.45, 2.75) is 37.9 Å². The van der Waals surface area contributed by atoms with E-state index in [0.29, 0.717) is 19.4 Å². The highest BCUT2D eigenvalue weighted by Crippen LogP contribution is 2.19. The minimum Gasteiger partial charge on any atom is -0.394 e. The predicted octanol–water partition coefficient (Wildman–Crippen LogP) is 1.36. The number of alkyl halides is 3. The molecule has 0 saturated carbocycles. The van der Waals surface area contributed by atoms with E-state index in [4.69, 9.17) is 10.8 Å². The highest BCUT2D eigenvalue weighted by atomic mass is 19.4. The maximum atomic E-state index is 11.9. The average Bonchev–Trinajstić information content (AvgIpc) is 2.13. The standard InChI is InChI=1S/C10H21F3N2O/c1-9(14,8-16)4-3-6-15(2)7-5-10(11,12)13/h16H,3-8,14H2,1-2H3. The lowest BCUT2D eigenvalue weighted by atomic mass is 9.98. The Hall–Kier alpha value is -0.330. The van der Waals surface area contributed by atoms with Crippen molar-refractivity contribution in [1.29, 1.82) is 0 Å². The van der Waals surface area contributed by atoms with Crippen molar-refractivity contribution < 1.29 is 18.3 Å². The van der Waals surface area contributed by atoms with Crippen LogP contribution >= 0.6 is 0 Å². The first-order chi connectivity index (χ1) is 7.16. The third-order valence-electron chi connectivity index (χ3n) is 2.43. The maximum Gasteiger partial charge on any atom is 0.390 e. The summed E-state index contributed by atoms with van der Waals surface area (Å²) in [6.07, 6.45) is -3.60. The molecule has 0 aromatic heterocycles. The molecule has 6 heteroatoms. The van der Waals surface area contributed by atoms with E-state index in [1.165, 1.54) is 0 Å². The van der Waals surface area contributed by atoms with E-state index in [1.54, 1.807) is 18.9 Å². The zero-order valence-electron chi connectivity index (χ0n) is 9.85. The van der Waals surface area contributed by atoms with E-state index < -0.39 is 18.1 Å². The van der Waals surface area contributed by atoms with Gasteiger partial charge in [-0.2, -0.15) is 13.2 Å². The van der Waals surface area contributed by atoms with Gasteiger partial charge in [0.1, 0.15) is 0 Å². The molecule has 1 atom stereocenters. The largest absolute Gasteiger partial charge is 0.394 e. The lowest BCUT2D eigenvalue weighted by molar-refractivity contribution is -0.137. The Morgan fingerprint density at radius 2 is 1.75 bits per heavy atom. The third-order valence-corrected chi connectivity index (χ3v) is 2.43. The highest BCUT2D eigenvalue weighted by molar-refractivity contribution is 4.77. The zero-order chi connectivity index (χ0) is 12.8. The Bertz CT molecular complexity index is 195. The number of nitrogens with zero attached hydrogens (tertiary/aromatic N) is 1. The summed E-state index contributed by atoms with van der Waals surface area (Å²) in [6.45, 7) is 2.18. The second-order valence-corrected chi connectivity index (χ2v) is 4.58. The molecule has 0 aromatic rings. The van der Waals surface area contributed by atoms with Gasteiger partial charge in [-0.05, 0) is 33.4 Å². The van der Waals surface area contributed by atoms with Crippen LogP contribution in [0, 0.1) is 0 Å². The van der Waals surface area contributed by atoms with E-state index in [-0.39, 0.29) is 13.2 Å². The van der Waals surface area contributed by atoms with E-state index in [2.05, 4.69) is 0 Å². The fourth-order valence-electron chi connectivity index (χ4n) is 1.26. The summed E-state index contributed by atoms with van der Waals surface area (Å²) in [7, 11) is 1.65. The smallest absolute Gasteiger partial charge is 0.390 e. The summed E-state index contributed by atoms with van der Waals surface area (Å²) in [4.78, 5) is 1.63. The summed E-state index contributed by atoms with van der Waals surface area (Å²) >= 11 is 0. The van der Waals surface area contributed by atoms with Gasteiger partial charge in [-0.15, -0.1) is 0 Å². The fourth-order valence-corrected chi connectivity index (χ4v) is 1.26. The molecular formula is C10H21F3N2O. The Labute approximate surface area is 94.4 Å². The Kier molecular flexibility index (Phi) is 6.28. The number of aliphatic hydroxyl groups excluding tert-OH is 1. The number of hydrogen-bond donors (Lipinski definition) is 2. The van der Waals surface area contributed by atoms with E-state index in [0.717, 1.165) is 0 Å². The number of hydrogen-bond acceptors (Lipinski definition) is 3. The molecule has 3 nitrogen and oxygen atoms in total. The van der Waals surface area contributed by atoms with Crippen molar-refractivity contribution in [1.82, 2.24) is 4.90 Å². The van der Waals surface area contributed by atoms with Crippen molar-refractivity contribution in [2.24, 2.45) is 5.73 Å². The molecule has 98 valence electrons. The monoisotopic (exact) mass is 242 g/mol. The van der Waals surface area contributed by atoms with Gasteiger partial charge >= 0.3 is 6.18 Å². The summed E-state index contributed by atoms with van der Waals surface area (Å²) in [6, 6.07) is 0. The van der Waals surface area contributed by atoms with Crippen LogP contribution in [0.5, 0.6) is 0 Å². The molecule has 0 rings (SSSR count). The number of rotatable bonds is 7. The van der Waals surface area contributed by atoms with Gasteiger partial charge in [-0.3, -0.25) is 0 Å². The van der Waals surface area contributed by atoms with Gasteiger partial charge in [-0.1, -0.05) is 0 Å². The maximum absolute atomic E-state index is 11.9. The van der Waals surface area contributed by atoms with Gasteiger partial charge in [0.2, 0.25) is 0 Å². The number of aliphatic hydroxyl groups is 1. The van der Waals surface area contributed by atoms with Gasteiger partial charge in [-0.25, -0.2) is 0 Å². The predicted molar refractivity (Wildman–Crippen MR) is 57.1 cm³/mol. The van der Waals surface area contributed by atoms with Gasteiger partial charge in [0.05, 0.1) is 13.0 Å². The van der Waals surface area contributed by atoms with Crippen molar-refractivity contribution in [2.75, 3.05) is 26.7 Å². The van der Waals surface area contributed by atoms with Crippen molar-refractivity contribution in [3.05, 3.63) is 0 Å². The second kappa shape index (κ2) is 6.42.